The van der Waals surface area contributed by atoms with Crippen molar-refractivity contribution in [3.8, 4) is 0 Å². The van der Waals surface area contributed by atoms with Crippen LogP contribution in [0.5, 0.6) is 0 Å². The number of hydrogen-bond donors (Lipinski definition) is 2. The van der Waals surface area contributed by atoms with Gasteiger partial charge in [0.1, 0.15) is 5.52 Å². The zero-order valence-corrected chi connectivity index (χ0v) is 14.8. The minimum Gasteiger partial charge on any atom is -0.325 e. The first-order valence-corrected chi connectivity index (χ1v) is 8.35. The first-order valence-electron chi connectivity index (χ1n) is 6.77. The number of nitrogens with zero attached hydrogens (tertiary/aromatic N) is 2. The third-order valence-electron chi connectivity index (χ3n) is 2.69. The van der Waals surface area contributed by atoms with Crippen molar-refractivity contribution in [1.29, 1.82) is 0 Å². The molecular formula is C14H16Cl2N4OS. The zero-order chi connectivity index (χ0) is 16.3. The summed E-state index contributed by atoms with van der Waals surface area (Å²) in [4.78, 5) is 16.1. The van der Waals surface area contributed by atoms with Crippen LogP contribution in [0.3, 0.4) is 0 Å². The molecule has 1 heterocycles. The molecule has 8 heteroatoms. The summed E-state index contributed by atoms with van der Waals surface area (Å²) in [5, 5.41) is 8.35. The van der Waals surface area contributed by atoms with Gasteiger partial charge in [-0.3, -0.25) is 10.2 Å². The predicted octanol–water partition coefficient (Wildman–Crippen LogP) is 5.15. The molecular weight excluding hydrogens is 343 g/mol. The molecule has 0 saturated carbocycles. The van der Waals surface area contributed by atoms with Crippen LogP contribution >= 0.6 is 34.5 Å². The molecule has 0 saturated heterocycles. The Kier molecular flexibility index (Phi) is 5.61. The number of hydrogen-bond acceptors (Lipinski definition) is 5. The molecule has 1 aromatic carbocycles. The third-order valence-corrected chi connectivity index (χ3v) is 4.46. The first kappa shape index (κ1) is 17.0. The SMILES string of the molecule is CCCC(=O)Nc1cc(Cl)c2nc(NN=C(C)C)sc2c1Cl. The number of rotatable bonds is 5. The Bertz CT molecular complexity index is 738. The van der Waals surface area contributed by atoms with E-state index in [-0.39, 0.29) is 5.91 Å². The molecule has 5 nitrogen and oxygen atoms in total. The van der Waals surface area contributed by atoms with Crippen molar-refractivity contribution in [3.05, 3.63) is 16.1 Å². The van der Waals surface area contributed by atoms with E-state index >= 15 is 0 Å². The van der Waals surface area contributed by atoms with Crippen molar-refractivity contribution in [2.75, 3.05) is 10.7 Å². The standard InChI is InChI=1S/C14H16Cl2N4OS/c1-4-5-10(21)17-9-6-8(15)12-13(11(9)16)22-14(18-12)20-19-7(2)3/h6H,4-5H2,1-3H3,(H,17,21)(H,18,20). The average molecular weight is 359 g/mol. The molecule has 0 fully saturated rings. The lowest BCUT2D eigenvalue weighted by molar-refractivity contribution is -0.116. The molecule has 0 radical (unpaired) electrons. The second-order valence-electron chi connectivity index (χ2n) is 4.89. The first-order chi connectivity index (χ1) is 10.4. The van der Waals surface area contributed by atoms with Crippen molar-refractivity contribution in [2.24, 2.45) is 5.10 Å². The largest absolute Gasteiger partial charge is 0.325 e. The molecule has 0 spiro atoms. The van der Waals surface area contributed by atoms with Crippen molar-refractivity contribution in [1.82, 2.24) is 4.98 Å². The van der Waals surface area contributed by atoms with Crippen LogP contribution in [-0.4, -0.2) is 16.6 Å². The van der Waals surface area contributed by atoms with Gasteiger partial charge in [0.15, 0.2) is 0 Å². The van der Waals surface area contributed by atoms with Gasteiger partial charge in [-0.1, -0.05) is 41.5 Å². The van der Waals surface area contributed by atoms with Gasteiger partial charge in [-0.2, -0.15) is 5.10 Å². The highest BCUT2D eigenvalue weighted by molar-refractivity contribution is 7.23. The van der Waals surface area contributed by atoms with Gasteiger partial charge in [-0.05, 0) is 26.3 Å². The fraction of sp³-hybridized carbons (Fsp3) is 0.357. The van der Waals surface area contributed by atoms with Crippen LogP contribution in [0.15, 0.2) is 11.2 Å². The number of hydrazone groups is 1. The lowest BCUT2D eigenvalue weighted by Gasteiger charge is -2.07. The van der Waals surface area contributed by atoms with Crippen LogP contribution in [0.1, 0.15) is 33.6 Å². The minimum atomic E-state index is -0.0890. The lowest BCUT2D eigenvalue weighted by atomic mass is 10.2. The van der Waals surface area contributed by atoms with E-state index in [1.165, 1.54) is 11.3 Å². The normalized spacial score (nSPS) is 10.6. The van der Waals surface area contributed by atoms with Gasteiger partial charge in [-0.25, -0.2) is 4.98 Å². The van der Waals surface area contributed by atoms with E-state index in [1.54, 1.807) is 6.07 Å². The number of benzene rings is 1. The summed E-state index contributed by atoms with van der Waals surface area (Å²) in [6, 6.07) is 1.62. The summed E-state index contributed by atoms with van der Waals surface area (Å²) in [7, 11) is 0. The molecule has 2 rings (SSSR count). The smallest absolute Gasteiger partial charge is 0.224 e. The molecule has 0 aliphatic heterocycles. The van der Waals surface area contributed by atoms with Gasteiger partial charge < -0.3 is 5.32 Å². The Balaban J connectivity index is 2.39. The van der Waals surface area contributed by atoms with Crippen LogP contribution < -0.4 is 10.7 Å². The number of anilines is 2. The van der Waals surface area contributed by atoms with E-state index in [2.05, 4.69) is 20.8 Å². The summed E-state index contributed by atoms with van der Waals surface area (Å²) < 4.78 is 0.715. The topological polar surface area (TPSA) is 66.4 Å². The van der Waals surface area contributed by atoms with Crippen molar-refractivity contribution in [3.63, 3.8) is 0 Å². The molecule has 0 aliphatic carbocycles. The average Bonchev–Trinajstić information content (AvgIpc) is 2.87. The highest BCUT2D eigenvalue weighted by Gasteiger charge is 2.16. The van der Waals surface area contributed by atoms with Crippen LogP contribution in [0.2, 0.25) is 10.0 Å². The highest BCUT2D eigenvalue weighted by atomic mass is 35.5. The molecule has 22 heavy (non-hydrogen) atoms. The maximum absolute atomic E-state index is 11.7. The molecule has 2 N–H and O–H groups in total. The second kappa shape index (κ2) is 7.26. The van der Waals surface area contributed by atoms with Crippen molar-refractivity contribution in [2.45, 2.75) is 33.6 Å². The van der Waals surface area contributed by atoms with Crippen molar-refractivity contribution >= 4 is 67.2 Å². The van der Waals surface area contributed by atoms with E-state index in [0.717, 1.165) is 12.1 Å². The number of thiazole rings is 1. The fourth-order valence-electron chi connectivity index (χ4n) is 1.75. The van der Waals surface area contributed by atoms with Gasteiger partial charge in [0, 0.05) is 12.1 Å². The molecule has 1 aromatic heterocycles. The Morgan fingerprint density at radius 2 is 2.14 bits per heavy atom. The lowest BCUT2D eigenvalue weighted by Crippen LogP contribution is -2.10. The summed E-state index contributed by atoms with van der Waals surface area (Å²) in [6.07, 6.45) is 1.20. The predicted molar refractivity (Wildman–Crippen MR) is 95.6 cm³/mol. The van der Waals surface area contributed by atoms with Gasteiger partial charge in [0.25, 0.3) is 0 Å². The third kappa shape index (κ3) is 3.88. The van der Waals surface area contributed by atoms with Gasteiger partial charge in [0.2, 0.25) is 11.0 Å². The van der Waals surface area contributed by atoms with Crippen LogP contribution in [-0.2, 0) is 4.79 Å². The zero-order valence-electron chi connectivity index (χ0n) is 12.5. The Hall–Kier alpha value is -1.37. The maximum atomic E-state index is 11.7. The molecule has 118 valence electrons. The quantitative estimate of drug-likeness (QED) is 0.573. The monoisotopic (exact) mass is 358 g/mol. The number of amides is 1. The van der Waals surface area contributed by atoms with Crippen LogP contribution in [0.25, 0.3) is 10.2 Å². The van der Waals surface area contributed by atoms with E-state index in [1.807, 2.05) is 20.8 Å². The number of fused-ring (bicyclic) bond motifs is 1. The number of halogens is 2. The van der Waals surface area contributed by atoms with Crippen molar-refractivity contribution < 1.29 is 4.79 Å². The maximum Gasteiger partial charge on any atom is 0.224 e. The summed E-state index contributed by atoms with van der Waals surface area (Å²) in [5.41, 5.74) is 4.83. The van der Waals surface area contributed by atoms with E-state index in [9.17, 15) is 4.79 Å². The number of carbonyl (C=O) groups excluding carboxylic acids is 1. The Morgan fingerprint density at radius 1 is 1.41 bits per heavy atom. The van der Waals surface area contributed by atoms with E-state index in [4.69, 9.17) is 23.2 Å². The van der Waals surface area contributed by atoms with Gasteiger partial charge in [-0.15, -0.1) is 0 Å². The minimum absolute atomic E-state index is 0.0890. The van der Waals surface area contributed by atoms with Crippen LogP contribution in [0, 0.1) is 0 Å². The molecule has 0 bridgehead atoms. The van der Waals surface area contributed by atoms with Gasteiger partial charge >= 0.3 is 0 Å². The highest BCUT2D eigenvalue weighted by Crippen LogP contribution is 2.40. The number of aromatic nitrogens is 1. The van der Waals surface area contributed by atoms with Gasteiger partial charge in [0.05, 0.1) is 20.4 Å². The van der Waals surface area contributed by atoms with Crippen LogP contribution in [0.4, 0.5) is 10.8 Å². The molecule has 0 atom stereocenters. The Labute approximate surface area is 142 Å². The Morgan fingerprint density at radius 3 is 2.77 bits per heavy atom. The summed E-state index contributed by atoms with van der Waals surface area (Å²) in [5.74, 6) is -0.0890. The molecule has 0 aliphatic rings. The second-order valence-corrected chi connectivity index (χ2v) is 6.67. The molecule has 2 aromatic rings. The fourth-order valence-corrected chi connectivity index (χ4v) is 3.23. The summed E-state index contributed by atoms with van der Waals surface area (Å²) >= 11 is 13.9. The molecule has 1 amide bonds. The van der Waals surface area contributed by atoms with E-state index < -0.39 is 0 Å². The number of carbonyl (C=O) groups is 1. The summed E-state index contributed by atoms with van der Waals surface area (Å²) in [6.45, 7) is 5.69. The number of nitrogens with one attached hydrogen (secondary N) is 2. The van der Waals surface area contributed by atoms with E-state index in [0.29, 0.717) is 37.5 Å². The molecule has 0 unspecified atom stereocenters.